The monoisotopic (exact) mass is 326 g/mol. The Balaban J connectivity index is 1.81. The van der Waals surface area contributed by atoms with E-state index < -0.39 is 5.97 Å². The normalized spacial score (nSPS) is 10.6. The highest BCUT2D eigenvalue weighted by molar-refractivity contribution is 7.14. The van der Waals surface area contributed by atoms with Crippen LogP contribution in [0.15, 0.2) is 47.8 Å². The third-order valence-electron chi connectivity index (χ3n) is 3.38. The molecule has 1 aromatic heterocycles. The largest absolute Gasteiger partial charge is 0.481 e. The minimum atomic E-state index is -0.990. The van der Waals surface area contributed by atoms with Gasteiger partial charge in [-0.15, -0.1) is 11.3 Å². The van der Waals surface area contributed by atoms with Gasteiger partial charge in [0, 0.05) is 17.4 Å². The summed E-state index contributed by atoms with van der Waals surface area (Å²) in [5.74, 6) is -1.33. The van der Waals surface area contributed by atoms with Crippen molar-refractivity contribution in [3.8, 4) is 11.3 Å². The average molecular weight is 326 g/mol. The number of aromatic nitrogens is 1. The van der Waals surface area contributed by atoms with Crippen LogP contribution >= 0.6 is 11.3 Å². The Bertz CT molecular complexity index is 868. The summed E-state index contributed by atoms with van der Waals surface area (Å²) in [6.07, 6.45) is -0.244. The maximum absolute atomic E-state index is 11.7. The van der Waals surface area contributed by atoms with E-state index in [9.17, 15) is 9.59 Å². The molecule has 0 aliphatic rings. The molecule has 2 aromatic carbocycles. The first-order valence-electron chi connectivity index (χ1n) is 7.09. The number of carbonyl (C=O) groups excluding carboxylic acids is 1. The molecule has 23 heavy (non-hydrogen) atoms. The number of nitrogens with zero attached hydrogens (tertiary/aromatic N) is 1. The van der Waals surface area contributed by atoms with Crippen molar-refractivity contribution in [2.45, 2.75) is 12.8 Å². The molecule has 0 bridgehead atoms. The second-order valence-electron chi connectivity index (χ2n) is 5.01. The molecular formula is C17H14N2O3S. The van der Waals surface area contributed by atoms with Crippen LogP contribution in [0.5, 0.6) is 0 Å². The third-order valence-corrected chi connectivity index (χ3v) is 4.14. The second-order valence-corrected chi connectivity index (χ2v) is 5.86. The molecule has 0 spiro atoms. The number of benzene rings is 2. The molecule has 116 valence electrons. The summed E-state index contributed by atoms with van der Waals surface area (Å²) in [5, 5.41) is 15.8. The lowest BCUT2D eigenvalue weighted by Crippen LogP contribution is -2.12. The van der Waals surface area contributed by atoms with Gasteiger partial charge in [-0.25, -0.2) is 4.98 Å². The first kappa shape index (κ1) is 15.2. The molecule has 0 unspecified atom stereocenters. The molecule has 0 radical (unpaired) electrons. The Hall–Kier alpha value is -2.73. The smallest absolute Gasteiger partial charge is 0.303 e. The molecule has 3 rings (SSSR count). The number of carboxylic acids is 1. The van der Waals surface area contributed by atoms with Crippen LogP contribution in [-0.2, 0) is 9.59 Å². The fourth-order valence-corrected chi connectivity index (χ4v) is 3.03. The van der Waals surface area contributed by atoms with Gasteiger partial charge in [0.05, 0.1) is 12.1 Å². The average Bonchev–Trinajstić information content (AvgIpc) is 3.00. The van der Waals surface area contributed by atoms with E-state index in [0.717, 1.165) is 22.0 Å². The lowest BCUT2D eigenvalue weighted by atomic mass is 10.0. The second kappa shape index (κ2) is 6.58. The minimum absolute atomic E-state index is 0.0570. The van der Waals surface area contributed by atoms with E-state index in [1.807, 2.05) is 47.8 Å². The van der Waals surface area contributed by atoms with E-state index in [1.165, 1.54) is 11.3 Å². The van der Waals surface area contributed by atoms with Crippen LogP contribution in [0.25, 0.3) is 22.0 Å². The number of thiazole rings is 1. The van der Waals surface area contributed by atoms with Crippen LogP contribution in [0.2, 0.25) is 0 Å². The summed E-state index contributed by atoms with van der Waals surface area (Å²) in [6, 6.07) is 14.1. The number of carboxylic acid groups (broad SMARTS) is 1. The molecule has 3 aromatic rings. The van der Waals surface area contributed by atoms with E-state index in [2.05, 4.69) is 10.3 Å². The van der Waals surface area contributed by atoms with Gasteiger partial charge in [0.1, 0.15) is 0 Å². The van der Waals surface area contributed by atoms with Crippen molar-refractivity contribution in [2.24, 2.45) is 0 Å². The van der Waals surface area contributed by atoms with E-state index in [4.69, 9.17) is 5.11 Å². The van der Waals surface area contributed by atoms with Crippen LogP contribution in [0.4, 0.5) is 5.13 Å². The van der Waals surface area contributed by atoms with Gasteiger partial charge in [-0.3, -0.25) is 9.59 Å². The van der Waals surface area contributed by atoms with Gasteiger partial charge in [-0.1, -0.05) is 42.5 Å². The molecule has 0 fully saturated rings. The van der Waals surface area contributed by atoms with Crippen molar-refractivity contribution in [1.29, 1.82) is 0 Å². The van der Waals surface area contributed by atoms with E-state index >= 15 is 0 Å². The zero-order chi connectivity index (χ0) is 16.2. The number of aliphatic carboxylic acids is 1. The van der Waals surface area contributed by atoms with Gasteiger partial charge in [0.2, 0.25) is 5.91 Å². The number of hydrogen-bond acceptors (Lipinski definition) is 4. The topological polar surface area (TPSA) is 79.3 Å². The first-order chi connectivity index (χ1) is 11.1. The van der Waals surface area contributed by atoms with Crippen LogP contribution in [-0.4, -0.2) is 22.0 Å². The third kappa shape index (κ3) is 3.54. The van der Waals surface area contributed by atoms with Crippen LogP contribution in [0, 0.1) is 0 Å². The van der Waals surface area contributed by atoms with E-state index in [1.54, 1.807) is 0 Å². The SMILES string of the molecule is O=C(O)CCC(=O)Nc1nc(-c2cccc3ccccc23)cs1. The summed E-state index contributed by atoms with van der Waals surface area (Å²) in [7, 11) is 0. The zero-order valence-corrected chi connectivity index (χ0v) is 13.0. The van der Waals surface area contributed by atoms with Crippen molar-refractivity contribution in [3.63, 3.8) is 0 Å². The summed E-state index contributed by atoms with van der Waals surface area (Å²) < 4.78 is 0. The lowest BCUT2D eigenvalue weighted by Gasteiger charge is -2.03. The molecule has 0 saturated heterocycles. The molecule has 0 aliphatic heterocycles. The number of carbonyl (C=O) groups is 2. The predicted molar refractivity (Wildman–Crippen MR) is 90.6 cm³/mol. The minimum Gasteiger partial charge on any atom is -0.481 e. The number of amides is 1. The quantitative estimate of drug-likeness (QED) is 0.748. The highest BCUT2D eigenvalue weighted by atomic mass is 32.1. The summed E-state index contributed by atoms with van der Waals surface area (Å²) in [6.45, 7) is 0. The number of hydrogen-bond donors (Lipinski definition) is 2. The van der Waals surface area contributed by atoms with Crippen molar-refractivity contribution >= 4 is 39.1 Å². The van der Waals surface area contributed by atoms with Gasteiger partial charge < -0.3 is 10.4 Å². The highest BCUT2D eigenvalue weighted by Gasteiger charge is 2.11. The highest BCUT2D eigenvalue weighted by Crippen LogP contribution is 2.30. The Kier molecular flexibility index (Phi) is 4.34. The summed E-state index contributed by atoms with van der Waals surface area (Å²) in [5.41, 5.74) is 1.80. The molecular weight excluding hydrogens is 312 g/mol. The maximum Gasteiger partial charge on any atom is 0.303 e. The molecule has 0 aliphatic carbocycles. The lowest BCUT2D eigenvalue weighted by molar-refractivity contribution is -0.138. The maximum atomic E-state index is 11.7. The zero-order valence-electron chi connectivity index (χ0n) is 12.2. The number of nitrogens with one attached hydrogen (secondary N) is 1. The number of fused-ring (bicyclic) bond motifs is 1. The summed E-state index contributed by atoms with van der Waals surface area (Å²) >= 11 is 1.33. The molecule has 0 atom stereocenters. The standard InChI is InChI=1S/C17H14N2O3S/c20-15(8-9-16(21)22)19-17-18-14(10-23-17)13-7-3-5-11-4-1-2-6-12(11)13/h1-7,10H,8-9H2,(H,21,22)(H,18,19,20). The Morgan fingerprint density at radius 3 is 2.70 bits per heavy atom. The van der Waals surface area contributed by atoms with Crippen molar-refractivity contribution in [2.75, 3.05) is 5.32 Å². The van der Waals surface area contributed by atoms with Crippen LogP contribution < -0.4 is 5.32 Å². The van der Waals surface area contributed by atoms with Gasteiger partial charge in [0.25, 0.3) is 0 Å². The molecule has 1 heterocycles. The fraction of sp³-hybridized carbons (Fsp3) is 0.118. The number of rotatable bonds is 5. The molecule has 6 heteroatoms. The van der Waals surface area contributed by atoms with Crippen molar-refractivity contribution in [1.82, 2.24) is 4.98 Å². The molecule has 2 N–H and O–H groups in total. The predicted octanol–water partition coefficient (Wildman–Crippen LogP) is 3.77. The Morgan fingerprint density at radius 2 is 1.87 bits per heavy atom. The van der Waals surface area contributed by atoms with Gasteiger partial charge >= 0.3 is 5.97 Å². The van der Waals surface area contributed by atoms with Gasteiger partial charge in [0.15, 0.2) is 5.13 Å². The van der Waals surface area contributed by atoms with Crippen molar-refractivity contribution < 1.29 is 14.7 Å². The van der Waals surface area contributed by atoms with Crippen LogP contribution in [0.3, 0.4) is 0 Å². The molecule has 0 saturated carbocycles. The van der Waals surface area contributed by atoms with Crippen LogP contribution in [0.1, 0.15) is 12.8 Å². The Morgan fingerprint density at radius 1 is 1.09 bits per heavy atom. The Labute approximate surface area is 136 Å². The van der Waals surface area contributed by atoms with Crippen molar-refractivity contribution in [3.05, 3.63) is 47.8 Å². The van der Waals surface area contributed by atoms with E-state index in [0.29, 0.717) is 5.13 Å². The fourth-order valence-electron chi connectivity index (χ4n) is 2.31. The van der Waals surface area contributed by atoms with E-state index in [-0.39, 0.29) is 18.7 Å². The van der Waals surface area contributed by atoms with Gasteiger partial charge in [-0.2, -0.15) is 0 Å². The first-order valence-corrected chi connectivity index (χ1v) is 7.97. The molecule has 1 amide bonds. The number of anilines is 1. The van der Waals surface area contributed by atoms with Gasteiger partial charge in [-0.05, 0) is 10.8 Å². The summed E-state index contributed by atoms with van der Waals surface area (Å²) in [4.78, 5) is 26.6. The molecule has 5 nitrogen and oxygen atoms in total.